The first-order chi connectivity index (χ1) is 10.9. The lowest BCUT2D eigenvalue weighted by Gasteiger charge is -2.09. The number of benzene rings is 2. The Hall–Kier alpha value is -2.91. The van der Waals surface area contributed by atoms with Crippen molar-refractivity contribution in [3.8, 4) is 6.07 Å². The Morgan fingerprint density at radius 2 is 1.78 bits per heavy atom. The van der Waals surface area contributed by atoms with E-state index in [-0.39, 0.29) is 22.1 Å². The molecule has 0 aliphatic carbocycles. The largest absolute Gasteiger partial charge is 0.326 e. The normalized spacial score (nSPS) is 9.83. The first-order valence-electron chi connectivity index (χ1n) is 6.49. The fourth-order valence-corrected chi connectivity index (χ4v) is 2.09. The molecule has 0 bridgehead atoms. The fraction of sp³-hybridized carbons (Fsp3) is 0.0625. The Morgan fingerprint density at radius 3 is 2.39 bits per heavy atom. The van der Waals surface area contributed by atoms with E-state index >= 15 is 0 Å². The van der Waals surface area contributed by atoms with Gasteiger partial charge < -0.3 is 10.6 Å². The molecule has 0 radical (unpaired) electrons. The van der Waals surface area contributed by atoms with E-state index in [2.05, 4.69) is 10.6 Å². The minimum Gasteiger partial charge on any atom is -0.326 e. The zero-order valence-electron chi connectivity index (χ0n) is 12.0. The molecule has 116 valence electrons. The summed E-state index contributed by atoms with van der Waals surface area (Å²) in [5, 5.41) is 13.9. The van der Waals surface area contributed by atoms with Crippen LogP contribution in [0, 0.1) is 17.1 Å². The van der Waals surface area contributed by atoms with E-state index in [4.69, 9.17) is 16.9 Å². The van der Waals surface area contributed by atoms with E-state index in [1.165, 1.54) is 37.3 Å². The summed E-state index contributed by atoms with van der Waals surface area (Å²) < 4.78 is 13.8. The van der Waals surface area contributed by atoms with Crippen molar-refractivity contribution in [2.24, 2.45) is 0 Å². The maximum atomic E-state index is 13.8. The third kappa shape index (κ3) is 4.05. The van der Waals surface area contributed by atoms with E-state index in [1.54, 1.807) is 0 Å². The first kappa shape index (κ1) is 16.5. The Morgan fingerprint density at radius 1 is 1.13 bits per heavy atom. The lowest BCUT2D eigenvalue weighted by atomic mass is 10.1. The predicted octanol–water partition coefficient (Wildman–Crippen LogP) is 3.56. The second kappa shape index (κ2) is 6.90. The van der Waals surface area contributed by atoms with Crippen molar-refractivity contribution >= 4 is 34.8 Å². The predicted molar refractivity (Wildman–Crippen MR) is 84.8 cm³/mol. The SMILES string of the molecule is CC(=O)Nc1ccc(F)c(C(=O)Nc2ccc(C#N)c(Cl)c2)c1. The first-order valence-corrected chi connectivity index (χ1v) is 6.86. The molecule has 0 fully saturated rings. The summed E-state index contributed by atoms with van der Waals surface area (Å²) in [4.78, 5) is 23.2. The van der Waals surface area contributed by atoms with Crippen molar-refractivity contribution in [3.05, 3.63) is 58.4 Å². The molecule has 0 spiro atoms. The highest BCUT2D eigenvalue weighted by Gasteiger charge is 2.14. The molecule has 5 nitrogen and oxygen atoms in total. The fourth-order valence-electron chi connectivity index (χ4n) is 1.86. The molecule has 0 aliphatic rings. The molecule has 0 aliphatic heterocycles. The topological polar surface area (TPSA) is 82.0 Å². The van der Waals surface area contributed by atoms with Crippen LogP contribution in [0.1, 0.15) is 22.8 Å². The van der Waals surface area contributed by atoms with Gasteiger partial charge in [-0.1, -0.05) is 11.6 Å². The summed E-state index contributed by atoms with van der Waals surface area (Å²) in [6.45, 7) is 1.31. The summed E-state index contributed by atoms with van der Waals surface area (Å²) in [7, 11) is 0. The summed E-state index contributed by atoms with van der Waals surface area (Å²) in [6.07, 6.45) is 0. The molecule has 2 aromatic rings. The number of carbonyl (C=O) groups is 2. The number of rotatable bonds is 3. The number of nitrogens with zero attached hydrogens (tertiary/aromatic N) is 1. The van der Waals surface area contributed by atoms with Crippen LogP contribution in [0.5, 0.6) is 0 Å². The zero-order chi connectivity index (χ0) is 17.0. The lowest BCUT2D eigenvalue weighted by molar-refractivity contribution is -0.114. The molecule has 2 aromatic carbocycles. The van der Waals surface area contributed by atoms with Crippen molar-refractivity contribution in [2.75, 3.05) is 10.6 Å². The Balaban J connectivity index is 2.25. The molecular weight excluding hydrogens is 321 g/mol. The lowest BCUT2D eigenvalue weighted by Crippen LogP contribution is -2.15. The molecule has 0 heterocycles. The van der Waals surface area contributed by atoms with Crippen LogP contribution in [0.4, 0.5) is 15.8 Å². The van der Waals surface area contributed by atoms with E-state index in [0.717, 1.165) is 6.07 Å². The van der Waals surface area contributed by atoms with Crippen molar-refractivity contribution in [2.45, 2.75) is 6.92 Å². The van der Waals surface area contributed by atoms with E-state index in [9.17, 15) is 14.0 Å². The molecule has 7 heteroatoms. The van der Waals surface area contributed by atoms with Crippen molar-refractivity contribution in [3.63, 3.8) is 0 Å². The van der Waals surface area contributed by atoms with Crippen LogP contribution in [0.15, 0.2) is 36.4 Å². The molecule has 0 saturated carbocycles. The number of anilines is 2. The van der Waals surface area contributed by atoms with Crippen LogP contribution in [-0.4, -0.2) is 11.8 Å². The van der Waals surface area contributed by atoms with Gasteiger partial charge in [0, 0.05) is 18.3 Å². The van der Waals surface area contributed by atoms with Crippen LogP contribution in [0.3, 0.4) is 0 Å². The van der Waals surface area contributed by atoms with E-state index in [0.29, 0.717) is 11.4 Å². The van der Waals surface area contributed by atoms with Crippen LogP contribution in [0.25, 0.3) is 0 Å². The summed E-state index contributed by atoms with van der Waals surface area (Å²) >= 11 is 5.88. The van der Waals surface area contributed by atoms with Gasteiger partial charge in [0.25, 0.3) is 5.91 Å². The number of amides is 2. The maximum absolute atomic E-state index is 13.8. The van der Waals surface area contributed by atoms with Crippen LogP contribution >= 0.6 is 11.6 Å². The standard InChI is InChI=1S/C16H11ClFN3O2/c1-9(22)20-11-4-5-15(18)13(6-11)16(23)21-12-3-2-10(8-19)14(17)7-12/h2-7H,1H3,(H,20,22)(H,21,23). The van der Waals surface area contributed by atoms with Gasteiger partial charge in [0.2, 0.25) is 5.91 Å². The van der Waals surface area contributed by atoms with Gasteiger partial charge in [0.1, 0.15) is 11.9 Å². The van der Waals surface area contributed by atoms with Gasteiger partial charge in [-0.05, 0) is 36.4 Å². The highest BCUT2D eigenvalue weighted by atomic mass is 35.5. The number of halogens is 2. The molecule has 2 N–H and O–H groups in total. The molecule has 0 aromatic heterocycles. The Labute approximate surface area is 136 Å². The van der Waals surface area contributed by atoms with Crippen molar-refractivity contribution < 1.29 is 14.0 Å². The quantitative estimate of drug-likeness (QED) is 0.902. The molecule has 0 saturated heterocycles. The highest BCUT2D eigenvalue weighted by molar-refractivity contribution is 6.32. The van der Waals surface area contributed by atoms with Gasteiger partial charge in [0.05, 0.1) is 16.1 Å². The second-order valence-electron chi connectivity index (χ2n) is 4.64. The van der Waals surface area contributed by atoms with Gasteiger partial charge in [0.15, 0.2) is 0 Å². The molecular formula is C16H11ClFN3O2. The summed E-state index contributed by atoms with van der Waals surface area (Å²) in [5.74, 6) is -1.76. The monoisotopic (exact) mass is 331 g/mol. The summed E-state index contributed by atoms with van der Waals surface area (Å²) in [5.41, 5.74) is 0.672. The molecule has 2 rings (SSSR count). The van der Waals surface area contributed by atoms with Gasteiger partial charge in [-0.25, -0.2) is 4.39 Å². The third-order valence-corrected chi connectivity index (χ3v) is 3.19. The van der Waals surface area contributed by atoms with Crippen LogP contribution < -0.4 is 10.6 Å². The number of carbonyl (C=O) groups excluding carboxylic acids is 2. The summed E-state index contributed by atoms with van der Waals surface area (Å²) in [6, 6.07) is 9.90. The number of nitrogens with one attached hydrogen (secondary N) is 2. The Kier molecular flexibility index (Phi) is 4.94. The van der Waals surface area contributed by atoms with Crippen LogP contribution in [0.2, 0.25) is 5.02 Å². The van der Waals surface area contributed by atoms with Gasteiger partial charge in [-0.2, -0.15) is 5.26 Å². The zero-order valence-corrected chi connectivity index (χ0v) is 12.7. The van der Waals surface area contributed by atoms with Crippen molar-refractivity contribution in [1.82, 2.24) is 0 Å². The van der Waals surface area contributed by atoms with Gasteiger partial charge in [-0.3, -0.25) is 9.59 Å². The second-order valence-corrected chi connectivity index (χ2v) is 5.04. The molecule has 23 heavy (non-hydrogen) atoms. The minimum absolute atomic E-state index is 0.178. The molecule has 2 amide bonds. The smallest absolute Gasteiger partial charge is 0.258 e. The average Bonchev–Trinajstić information content (AvgIpc) is 2.49. The van der Waals surface area contributed by atoms with Crippen LogP contribution in [-0.2, 0) is 4.79 Å². The Bertz CT molecular complexity index is 831. The number of nitriles is 1. The van der Waals surface area contributed by atoms with E-state index in [1.807, 2.05) is 6.07 Å². The van der Waals surface area contributed by atoms with Gasteiger partial charge >= 0.3 is 0 Å². The number of hydrogen-bond donors (Lipinski definition) is 2. The number of hydrogen-bond acceptors (Lipinski definition) is 3. The van der Waals surface area contributed by atoms with Gasteiger partial charge in [-0.15, -0.1) is 0 Å². The maximum Gasteiger partial charge on any atom is 0.258 e. The van der Waals surface area contributed by atoms with Crippen molar-refractivity contribution in [1.29, 1.82) is 5.26 Å². The average molecular weight is 332 g/mol. The third-order valence-electron chi connectivity index (χ3n) is 2.88. The van der Waals surface area contributed by atoms with E-state index < -0.39 is 11.7 Å². The molecule has 0 atom stereocenters. The minimum atomic E-state index is -0.726. The molecule has 0 unspecified atom stereocenters. The highest BCUT2D eigenvalue weighted by Crippen LogP contribution is 2.22.